The van der Waals surface area contributed by atoms with E-state index < -0.39 is 11.9 Å². The van der Waals surface area contributed by atoms with Crippen molar-refractivity contribution >= 4 is 23.6 Å². The van der Waals surface area contributed by atoms with Crippen LogP contribution in [0, 0.1) is 0 Å². The Bertz CT molecular complexity index is 1120. The first-order valence-corrected chi connectivity index (χ1v) is 10.8. The number of carbonyl (C=O) groups excluding carboxylic acids is 2. The molecule has 4 rings (SSSR count). The Kier molecular flexibility index (Phi) is 5.82. The quantitative estimate of drug-likeness (QED) is 0.459. The fraction of sp³-hybridized carbons (Fsp3) is 0.435. The Labute approximate surface area is 187 Å². The lowest BCUT2D eigenvalue weighted by atomic mass is 9.86. The zero-order chi connectivity index (χ0) is 22.9. The second-order valence-electron chi connectivity index (χ2n) is 8.78. The third-order valence-corrected chi connectivity index (χ3v) is 5.58. The zero-order valence-corrected chi connectivity index (χ0v) is 18.9. The van der Waals surface area contributed by atoms with Gasteiger partial charge in [0.1, 0.15) is 0 Å². The van der Waals surface area contributed by atoms with Crippen LogP contribution in [-0.4, -0.2) is 69.1 Å². The molecule has 0 spiro atoms. The number of amides is 1. The smallest absolute Gasteiger partial charge is 0.397 e. The normalized spacial score (nSPS) is 14.6. The van der Waals surface area contributed by atoms with Crippen LogP contribution in [0.4, 0.5) is 5.95 Å². The molecule has 0 atom stereocenters. The van der Waals surface area contributed by atoms with Crippen LogP contribution in [0.25, 0.3) is 17.0 Å². The van der Waals surface area contributed by atoms with Gasteiger partial charge in [0.2, 0.25) is 5.95 Å². The molecule has 1 saturated heterocycles. The lowest BCUT2D eigenvalue weighted by Gasteiger charge is -2.33. The summed E-state index contributed by atoms with van der Waals surface area (Å²) in [5, 5.41) is 4.69. The third kappa shape index (κ3) is 4.28. The second kappa shape index (κ2) is 8.57. The summed E-state index contributed by atoms with van der Waals surface area (Å²) in [6.07, 6.45) is 1.73. The first-order chi connectivity index (χ1) is 15.3. The molecule has 168 valence electrons. The highest BCUT2D eigenvalue weighted by Crippen LogP contribution is 2.26. The van der Waals surface area contributed by atoms with Gasteiger partial charge in [0.05, 0.1) is 12.3 Å². The maximum atomic E-state index is 12.1. The molecule has 3 aromatic rings. The first-order valence-electron chi connectivity index (χ1n) is 10.8. The van der Waals surface area contributed by atoms with E-state index in [0.29, 0.717) is 37.9 Å². The lowest BCUT2D eigenvalue weighted by molar-refractivity contribution is -0.160. The summed E-state index contributed by atoms with van der Waals surface area (Å²) < 4.78 is 6.56. The molecule has 0 aliphatic carbocycles. The molecule has 0 unspecified atom stereocenters. The number of carbonyl (C=O) groups is 2. The topological polar surface area (TPSA) is 92.9 Å². The molecule has 0 bridgehead atoms. The van der Waals surface area contributed by atoms with Crippen LogP contribution in [0.2, 0.25) is 0 Å². The Morgan fingerprint density at radius 2 is 1.72 bits per heavy atom. The van der Waals surface area contributed by atoms with Crippen LogP contribution in [0.5, 0.6) is 0 Å². The molecular formula is C23H28N6O3. The largest absolute Gasteiger partial charge is 0.459 e. The summed E-state index contributed by atoms with van der Waals surface area (Å²) in [4.78, 5) is 36.3. The van der Waals surface area contributed by atoms with E-state index in [9.17, 15) is 9.59 Å². The van der Waals surface area contributed by atoms with Crippen LogP contribution in [0.3, 0.4) is 0 Å². The van der Waals surface area contributed by atoms with Gasteiger partial charge in [-0.1, -0.05) is 45.0 Å². The average molecular weight is 437 g/mol. The highest BCUT2D eigenvalue weighted by molar-refractivity contribution is 6.32. The minimum absolute atomic E-state index is 0.0866. The van der Waals surface area contributed by atoms with Crippen molar-refractivity contribution in [3.63, 3.8) is 0 Å². The molecule has 32 heavy (non-hydrogen) atoms. The monoisotopic (exact) mass is 436 g/mol. The van der Waals surface area contributed by atoms with Gasteiger partial charge in [-0.3, -0.25) is 4.79 Å². The van der Waals surface area contributed by atoms with E-state index in [1.807, 2.05) is 11.0 Å². The number of rotatable bonds is 3. The molecule has 9 heteroatoms. The van der Waals surface area contributed by atoms with Crippen molar-refractivity contribution in [2.24, 2.45) is 0 Å². The number of benzene rings is 1. The number of fused-ring (bicyclic) bond motifs is 1. The summed E-state index contributed by atoms with van der Waals surface area (Å²) in [5.74, 6) is -0.336. The van der Waals surface area contributed by atoms with E-state index in [0.717, 1.165) is 11.3 Å². The minimum atomic E-state index is -0.807. The van der Waals surface area contributed by atoms with Crippen molar-refractivity contribution in [2.45, 2.75) is 33.1 Å². The Hall–Kier alpha value is -3.49. The molecule has 1 aliphatic rings. The number of hydrogen-bond acceptors (Lipinski definition) is 7. The molecule has 3 heterocycles. The SMILES string of the molecule is CCOC(=O)C(=O)N1CCN(c2nc3nccc(-c4ccc(C(C)(C)C)cc4)n3n2)CC1. The Morgan fingerprint density at radius 1 is 1.03 bits per heavy atom. The fourth-order valence-corrected chi connectivity index (χ4v) is 3.71. The van der Waals surface area contributed by atoms with Crippen LogP contribution in [0.15, 0.2) is 36.5 Å². The van der Waals surface area contributed by atoms with Crippen LogP contribution in [-0.2, 0) is 19.7 Å². The van der Waals surface area contributed by atoms with Gasteiger partial charge < -0.3 is 14.5 Å². The molecule has 1 aliphatic heterocycles. The predicted octanol–water partition coefficient (Wildman–Crippen LogP) is 2.30. The van der Waals surface area contributed by atoms with Gasteiger partial charge in [0.15, 0.2) is 0 Å². The molecule has 9 nitrogen and oxygen atoms in total. The van der Waals surface area contributed by atoms with E-state index in [2.05, 4.69) is 55.0 Å². The highest BCUT2D eigenvalue weighted by atomic mass is 16.5. The van der Waals surface area contributed by atoms with E-state index >= 15 is 0 Å². The molecular weight excluding hydrogens is 408 g/mol. The van der Waals surface area contributed by atoms with Gasteiger partial charge in [0.25, 0.3) is 5.78 Å². The summed E-state index contributed by atoms with van der Waals surface area (Å²) in [6, 6.07) is 10.4. The van der Waals surface area contributed by atoms with Gasteiger partial charge in [-0.15, -0.1) is 5.10 Å². The minimum Gasteiger partial charge on any atom is -0.459 e. The molecule has 1 aromatic carbocycles. The van der Waals surface area contributed by atoms with Gasteiger partial charge >= 0.3 is 11.9 Å². The van der Waals surface area contributed by atoms with Crippen LogP contribution in [0.1, 0.15) is 33.3 Å². The zero-order valence-electron chi connectivity index (χ0n) is 18.9. The Balaban J connectivity index is 1.53. The number of nitrogens with zero attached hydrogens (tertiary/aromatic N) is 6. The molecule has 0 N–H and O–H groups in total. The lowest BCUT2D eigenvalue weighted by Crippen LogP contribution is -2.51. The number of esters is 1. The average Bonchev–Trinajstić information content (AvgIpc) is 3.23. The molecule has 2 aromatic heterocycles. The van der Waals surface area contributed by atoms with Crippen molar-refractivity contribution < 1.29 is 14.3 Å². The summed E-state index contributed by atoms with van der Waals surface area (Å²) in [7, 11) is 0. The van der Waals surface area contributed by atoms with Crippen LogP contribution < -0.4 is 4.90 Å². The standard InChI is InChI=1S/C23H28N6O3/c1-5-32-20(31)19(30)27-12-14-28(15-13-27)22-25-21-24-11-10-18(29(21)26-22)16-6-8-17(9-7-16)23(2,3)4/h6-11H,5,12-15H2,1-4H3. The number of ether oxygens (including phenoxy) is 1. The number of piperazine rings is 1. The van der Waals surface area contributed by atoms with Crippen molar-refractivity contribution in [2.75, 3.05) is 37.7 Å². The van der Waals surface area contributed by atoms with E-state index in [-0.39, 0.29) is 12.0 Å². The predicted molar refractivity (Wildman–Crippen MR) is 120 cm³/mol. The van der Waals surface area contributed by atoms with Gasteiger partial charge in [0, 0.05) is 37.9 Å². The molecule has 1 amide bonds. The third-order valence-electron chi connectivity index (χ3n) is 5.58. The van der Waals surface area contributed by atoms with Crippen molar-refractivity contribution in [3.8, 4) is 11.3 Å². The number of anilines is 1. The second-order valence-corrected chi connectivity index (χ2v) is 8.78. The first kappa shape index (κ1) is 21.7. The van der Waals surface area contributed by atoms with Gasteiger partial charge in [-0.2, -0.15) is 9.50 Å². The van der Waals surface area contributed by atoms with Crippen LogP contribution >= 0.6 is 0 Å². The molecule has 1 fully saturated rings. The summed E-state index contributed by atoms with van der Waals surface area (Å²) in [6.45, 7) is 10.3. The summed E-state index contributed by atoms with van der Waals surface area (Å²) in [5.41, 5.74) is 3.29. The van der Waals surface area contributed by atoms with E-state index in [4.69, 9.17) is 9.84 Å². The molecule has 0 radical (unpaired) electrons. The van der Waals surface area contributed by atoms with Gasteiger partial charge in [-0.05, 0) is 24.0 Å². The maximum absolute atomic E-state index is 12.1. The fourth-order valence-electron chi connectivity index (χ4n) is 3.71. The summed E-state index contributed by atoms with van der Waals surface area (Å²) >= 11 is 0. The van der Waals surface area contributed by atoms with Crippen molar-refractivity contribution in [1.29, 1.82) is 0 Å². The number of aromatic nitrogens is 4. The van der Waals surface area contributed by atoms with E-state index in [1.54, 1.807) is 17.6 Å². The van der Waals surface area contributed by atoms with E-state index in [1.165, 1.54) is 10.5 Å². The highest BCUT2D eigenvalue weighted by Gasteiger charge is 2.28. The Morgan fingerprint density at radius 3 is 2.34 bits per heavy atom. The molecule has 0 saturated carbocycles. The maximum Gasteiger partial charge on any atom is 0.397 e. The van der Waals surface area contributed by atoms with Crippen molar-refractivity contribution in [1.82, 2.24) is 24.5 Å². The number of hydrogen-bond donors (Lipinski definition) is 0. The van der Waals surface area contributed by atoms with Gasteiger partial charge in [-0.25, -0.2) is 9.78 Å². The van der Waals surface area contributed by atoms with Crippen molar-refractivity contribution in [3.05, 3.63) is 42.1 Å².